The molecule has 1 atom stereocenters. The van der Waals surface area contributed by atoms with Crippen molar-refractivity contribution in [2.45, 2.75) is 12.3 Å². The number of thiophene rings is 1. The van der Waals surface area contributed by atoms with Gasteiger partial charge in [-0.2, -0.15) is 0 Å². The minimum atomic E-state index is -0.256. The molecule has 1 aliphatic carbocycles. The van der Waals surface area contributed by atoms with E-state index in [4.69, 9.17) is 9.97 Å². The molecule has 2 aromatic heterocycles. The molecule has 0 spiro atoms. The Morgan fingerprint density at radius 1 is 0.368 bits per heavy atom. The fourth-order valence-corrected chi connectivity index (χ4v) is 9.90. The zero-order valence-electron chi connectivity index (χ0n) is 31.4. The van der Waals surface area contributed by atoms with E-state index in [1.54, 1.807) is 0 Å². The van der Waals surface area contributed by atoms with Crippen LogP contribution >= 0.6 is 11.3 Å². The quantitative estimate of drug-likeness (QED) is 0.169. The first-order valence-electron chi connectivity index (χ1n) is 19.5. The average Bonchev–Trinajstić information content (AvgIpc) is 3.79. The van der Waals surface area contributed by atoms with E-state index in [1.807, 2.05) is 29.5 Å². The highest BCUT2D eigenvalue weighted by molar-refractivity contribution is 7.25. The van der Waals surface area contributed by atoms with Gasteiger partial charge in [0.15, 0.2) is 5.82 Å². The Hall–Kier alpha value is -6.94. The van der Waals surface area contributed by atoms with Gasteiger partial charge in [0.05, 0.1) is 11.4 Å². The van der Waals surface area contributed by atoms with Crippen molar-refractivity contribution in [3.05, 3.63) is 217 Å². The molecule has 0 radical (unpaired) electrons. The molecule has 0 saturated heterocycles. The van der Waals surface area contributed by atoms with Gasteiger partial charge >= 0.3 is 0 Å². The third kappa shape index (κ3) is 5.62. The van der Waals surface area contributed by atoms with Crippen LogP contribution in [0.1, 0.15) is 23.6 Å². The van der Waals surface area contributed by atoms with Gasteiger partial charge < -0.3 is 0 Å². The van der Waals surface area contributed by atoms with E-state index in [0.29, 0.717) is 5.82 Å². The number of rotatable bonds is 6. The monoisotopic (exact) mass is 744 g/mol. The minimum Gasteiger partial charge on any atom is -0.228 e. The standard InChI is InChI=1S/C54H36N2S/c1-54(42-17-6-3-7-18-42)47-21-10-8-19-43(47)44-29-27-40(33-48(44)54)38-15-12-16-41(31-38)50-34-49(55-53(56-50)37-13-4-2-5-14-37)36-25-23-35(24-26-36)39-28-30-52-46(32-39)45-20-9-11-22-51(45)57-52/h2-34H,1H3. The molecule has 0 bridgehead atoms. The van der Waals surface area contributed by atoms with Crippen molar-refractivity contribution in [1.82, 2.24) is 9.97 Å². The van der Waals surface area contributed by atoms with Crippen LogP contribution in [0.5, 0.6) is 0 Å². The van der Waals surface area contributed by atoms with Gasteiger partial charge in [0, 0.05) is 42.3 Å². The zero-order valence-corrected chi connectivity index (χ0v) is 32.2. The minimum absolute atomic E-state index is 0.256. The summed E-state index contributed by atoms with van der Waals surface area (Å²) >= 11 is 1.85. The number of aromatic nitrogens is 2. The number of hydrogen-bond donors (Lipinski definition) is 0. The van der Waals surface area contributed by atoms with Gasteiger partial charge in [-0.15, -0.1) is 11.3 Å². The molecule has 0 saturated carbocycles. The van der Waals surface area contributed by atoms with Gasteiger partial charge in [0.2, 0.25) is 0 Å². The molecule has 2 heterocycles. The maximum atomic E-state index is 5.19. The molecule has 268 valence electrons. The van der Waals surface area contributed by atoms with Crippen LogP contribution in [0.2, 0.25) is 0 Å². The van der Waals surface area contributed by atoms with Gasteiger partial charge in [-0.1, -0.05) is 164 Å². The van der Waals surface area contributed by atoms with Crippen molar-refractivity contribution in [3.63, 3.8) is 0 Å². The zero-order chi connectivity index (χ0) is 37.9. The third-order valence-corrected chi connectivity index (χ3v) is 13.0. The first kappa shape index (κ1) is 33.4. The van der Waals surface area contributed by atoms with Gasteiger partial charge in [-0.3, -0.25) is 0 Å². The molecule has 10 aromatic rings. The number of nitrogens with zero attached hydrogens (tertiary/aromatic N) is 2. The maximum Gasteiger partial charge on any atom is 0.160 e. The summed E-state index contributed by atoms with van der Waals surface area (Å²) in [5.74, 6) is 0.710. The second kappa shape index (κ2) is 13.4. The van der Waals surface area contributed by atoms with Crippen LogP contribution in [0.3, 0.4) is 0 Å². The summed E-state index contributed by atoms with van der Waals surface area (Å²) < 4.78 is 2.64. The number of benzene rings is 8. The van der Waals surface area contributed by atoms with Crippen molar-refractivity contribution in [1.29, 1.82) is 0 Å². The highest BCUT2D eigenvalue weighted by atomic mass is 32.1. The van der Waals surface area contributed by atoms with Gasteiger partial charge in [-0.25, -0.2) is 9.97 Å². The lowest BCUT2D eigenvalue weighted by atomic mass is 9.74. The molecule has 2 nitrogen and oxygen atoms in total. The van der Waals surface area contributed by atoms with E-state index in [9.17, 15) is 0 Å². The second-order valence-electron chi connectivity index (χ2n) is 15.1. The largest absolute Gasteiger partial charge is 0.228 e. The molecule has 0 N–H and O–H groups in total. The summed E-state index contributed by atoms with van der Waals surface area (Å²) in [7, 11) is 0. The van der Waals surface area contributed by atoms with Crippen LogP contribution in [-0.4, -0.2) is 9.97 Å². The lowest BCUT2D eigenvalue weighted by Crippen LogP contribution is -2.22. The number of fused-ring (bicyclic) bond motifs is 6. The SMILES string of the molecule is CC1(c2ccccc2)c2ccccc2-c2ccc(-c3cccc(-c4cc(-c5ccc(-c6ccc7sc8ccccc8c7c6)cc5)nc(-c5ccccc5)n4)c3)cc21. The summed E-state index contributed by atoms with van der Waals surface area (Å²) in [4.78, 5) is 10.3. The van der Waals surface area contributed by atoms with Crippen molar-refractivity contribution in [2.75, 3.05) is 0 Å². The molecule has 11 rings (SSSR count). The van der Waals surface area contributed by atoms with Crippen LogP contribution in [0.4, 0.5) is 0 Å². The lowest BCUT2D eigenvalue weighted by molar-refractivity contribution is 0.714. The summed E-state index contributed by atoms with van der Waals surface area (Å²) in [5.41, 5.74) is 16.0. The Balaban J connectivity index is 0.983. The Labute approximate surface area is 336 Å². The Morgan fingerprint density at radius 2 is 0.947 bits per heavy atom. The van der Waals surface area contributed by atoms with Gasteiger partial charge in [0.1, 0.15) is 0 Å². The first-order chi connectivity index (χ1) is 28.1. The molecular weight excluding hydrogens is 709 g/mol. The van der Waals surface area contributed by atoms with E-state index in [-0.39, 0.29) is 5.41 Å². The van der Waals surface area contributed by atoms with E-state index in [1.165, 1.54) is 64.7 Å². The van der Waals surface area contributed by atoms with Crippen LogP contribution < -0.4 is 0 Å². The smallest absolute Gasteiger partial charge is 0.160 e. The highest BCUT2D eigenvalue weighted by Gasteiger charge is 2.40. The van der Waals surface area contributed by atoms with E-state index in [0.717, 1.165) is 33.6 Å². The summed E-state index contributed by atoms with van der Waals surface area (Å²) in [6.07, 6.45) is 0. The molecule has 8 aromatic carbocycles. The fourth-order valence-electron chi connectivity index (χ4n) is 8.81. The van der Waals surface area contributed by atoms with E-state index < -0.39 is 0 Å². The first-order valence-corrected chi connectivity index (χ1v) is 20.3. The van der Waals surface area contributed by atoms with Gasteiger partial charge in [-0.05, 0) is 93.4 Å². The predicted molar refractivity (Wildman–Crippen MR) is 240 cm³/mol. The summed E-state index contributed by atoms with van der Waals surface area (Å²) in [6, 6.07) is 72.3. The Morgan fingerprint density at radius 3 is 1.79 bits per heavy atom. The highest BCUT2D eigenvalue weighted by Crippen LogP contribution is 2.53. The van der Waals surface area contributed by atoms with Crippen LogP contribution in [0, 0.1) is 0 Å². The molecule has 1 unspecified atom stereocenters. The van der Waals surface area contributed by atoms with Crippen molar-refractivity contribution in [2.24, 2.45) is 0 Å². The molecule has 0 fully saturated rings. The van der Waals surface area contributed by atoms with E-state index in [2.05, 4.69) is 189 Å². The normalized spacial score (nSPS) is 14.5. The molecule has 0 amide bonds. The molecule has 1 aliphatic rings. The second-order valence-corrected chi connectivity index (χ2v) is 16.2. The molecule has 57 heavy (non-hydrogen) atoms. The lowest BCUT2D eigenvalue weighted by Gasteiger charge is -2.28. The maximum absolute atomic E-state index is 5.19. The third-order valence-electron chi connectivity index (χ3n) is 11.8. The average molecular weight is 745 g/mol. The summed E-state index contributed by atoms with van der Waals surface area (Å²) in [6.45, 7) is 2.37. The van der Waals surface area contributed by atoms with Gasteiger partial charge in [0.25, 0.3) is 0 Å². The summed E-state index contributed by atoms with van der Waals surface area (Å²) in [5, 5.41) is 2.62. The van der Waals surface area contributed by atoms with Crippen LogP contribution in [0.15, 0.2) is 200 Å². The number of hydrogen-bond acceptors (Lipinski definition) is 3. The molecule has 3 heteroatoms. The van der Waals surface area contributed by atoms with Crippen LogP contribution in [-0.2, 0) is 5.41 Å². The van der Waals surface area contributed by atoms with Crippen molar-refractivity contribution < 1.29 is 0 Å². The Bertz CT molecular complexity index is 3130. The topological polar surface area (TPSA) is 25.8 Å². The van der Waals surface area contributed by atoms with Crippen LogP contribution in [0.25, 0.3) is 87.5 Å². The van der Waals surface area contributed by atoms with Crippen molar-refractivity contribution in [3.8, 4) is 67.3 Å². The predicted octanol–water partition coefficient (Wildman–Crippen LogP) is 14.5. The molecule has 0 aliphatic heterocycles. The molecular formula is C54H36N2S. The van der Waals surface area contributed by atoms with Crippen molar-refractivity contribution >= 4 is 31.5 Å². The van der Waals surface area contributed by atoms with E-state index >= 15 is 0 Å². The fraction of sp³-hybridized carbons (Fsp3) is 0.0370. The Kier molecular flexibility index (Phi) is 7.84.